The minimum atomic E-state index is -1.09. The highest BCUT2D eigenvalue weighted by atomic mass is 16.5. The molecule has 2 aromatic rings. The molecular weight excluding hydrogens is 444 g/mol. The highest BCUT2D eigenvalue weighted by molar-refractivity contribution is 5.90. The summed E-state index contributed by atoms with van der Waals surface area (Å²) in [6.45, 7) is 9.48. The molecule has 35 heavy (non-hydrogen) atoms. The van der Waals surface area contributed by atoms with Crippen LogP contribution in [0.3, 0.4) is 0 Å². The van der Waals surface area contributed by atoms with E-state index in [0.717, 1.165) is 28.7 Å². The number of carboxylic acids is 1. The molecule has 3 atom stereocenters. The van der Waals surface area contributed by atoms with E-state index in [0.29, 0.717) is 6.42 Å². The van der Waals surface area contributed by atoms with Gasteiger partial charge in [0, 0.05) is 5.92 Å². The van der Waals surface area contributed by atoms with E-state index in [1.165, 1.54) is 0 Å². The SMILES string of the molecule is CCC(C)CC(NC(=O)C(NC(=O)OCC1c2ccccc2-c2ccccc21)C(C)(C)C)C(=O)O. The molecule has 3 rings (SSSR count). The van der Waals surface area contributed by atoms with Crippen molar-refractivity contribution in [2.24, 2.45) is 11.3 Å². The number of rotatable bonds is 9. The molecule has 3 N–H and O–H groups in total. The number of benzene rings is 2. The molecule has 7 nitrogen and oxygen atoms in total. The molecule has 2 amide bonds. The molecule has 0 aliphatic heterocycles. The number of carbonyl (C=O) groups is 3. The molecule has 0 saturated heterocycles. The summed E-state index contributed by atoms with van der Waals surface area (Å²) in [5, 5.41) is 14.9. The van der Waals surface area contributed by atoms with Gasteiger partial charge in [0.05, 0.1) is 0 Å². The Morgan fingerprint density at radius 2 is 1.51 bits per heavy atom. The van der Waals surface area contributed by atoms with Crippen molar-refractivity contribution in [2.75, 3.05) is 6.61 Å². The van der Waals surface area contributed by atoms with Crippen LogP contribution in [-0.2, 0) is 14.3 Å². The van der Waals surface area contributed by atoms with Gasteiger partial charge in [-0.15, -0.1) is 0 Å². The number of amides is 2. The Kier molecular flexibility index (Phi) is 8.20. The average Bonchev–Trinajstić information content (AvgIpc) is 3.13. The first-order valence-corrected chi connectivity index (χ1v) is 12.2. The Hall–Kier alpha value is -3.35. The third-order valence-corrected chi connectivity index (χ3v) is 6.68. The van der Waals surface area contributed by atoms with Crippen LogP contribution in [0.4, 0.5) is 4.79 Å². The monoisotopic (exact) mass is 480 g/mol. The molecule has 3 unspecified atom stereocenters. The van der Waals surface area contributed by atoms with E-state index in [-0.39, 0.29) is 18.4 Å². The van der Waals surface area contributed by atoms with Gasteiger partial charge in [0.25, 0.3) is 0 Å². The number of hydrogen-bond acceptors (Lipinski definition) is 4. The first-order chi connectivity index (χ1) is 16.5. The third-order valence-electron chi connectivity index (χ3n) is 6.68. The maximum atomic E-state index is 13.1. The second-order valence-electron chi connectivity index (χ2n) is 10.4. The predicted octanol–water partition coefficient (Wildman–Crippen LogP) is 4.95. The minimum absolute atomic E-state index is 0.0954. The fraction of sp³-hybridized carbons (Fsp3) is 0.464. The lowest BCUT2D eigenvalue weighted by atomic mass is 9.86. The summed E-state index contributed by atoms with van der Waals surface area (Å²) in [4.78, 5) is 37.6. The van der Waals surface area contributed by atoms with Gasteiger partial charge in [-0.3, -0.25) is 4.79 Å². The number of alkyl carbamates (subject to hydrolysis) is 1. The molecular formula is C28H36N2O5. The van der Waals surface area contributed by atoms with Crippen LogP contribution in [0.25, 0.3) is 11.1 Å². The van der Waals surface area contributed by atoms with Crippen molar-refractivity contribution >= 4 is 18.0 Å². The molecule has 1 aliphatic rings. The van der Waals surface area contributed by atoms with Crippen LogP contribution in [0.5, 0.6) is 0 Å². The van der Waals surface area contributed by atoms with Gasteiger partial charge in [0.2, 0.25) is 5.91 Å². The molecule has 0 heterocycles. The second-order valence-corrected chi connectivity index (χ2v) is 10.4. The van der Waals surface area contributed by atoms with E-state index in [2.05, 4.69) is 22.8 Å². The zero-order valence-electron chi connectivity index (χ0n) is 21.1. The fourth-order valence-electron chi connectivity index (χ4n) is 4.48. The largest absolute Gasteiger partial charge is 0.480 e. The molecule has 0 spiro atoms. The van der Waals surface area contributed by atoms with Crippen LogP contribution in [0, 0.1) is 11.3 Å². The van der Waals surface area contributed by atoms with Crippen LogP contribution in [0.15, 0.2) is 48.5 Å². The van der Waals surface area contributed by atoms with Crippen molar-refractivity contribution in [3.05, 3.63) is 59.7 Å². The van der Waals surface area contributed by atoms with Gasteiger partial charge in [0.1, 0.15) is 18.7 Å². The van der Waals surface area contributed by atoms with Gasteiger partial charge >= 0.3 is 12.1 Å². The van der Waals surface area contributed by atoms with Crippen molar-refractivity contribution in [1.29, 1.82) is 0 Å². The lowest BCUT2D eigenvalue weighted by molar-refractivity contribution is -0.143. The molecule has 0 bridgehead atoms. The summed E-state index contributed by atoms with van der Waals surface area (Å²) < 4.78 is 5.60. The van der Waals surface area contributed by atoms with E-state index in [4.69, 9.17) is 4.74 Å². The second kappa shape index (κ2) is 10.9. The molecule has 7 heteroatoms. The third kappa shape index (κ3) is 6.21. The Bertz CT molecular complexity index is 1030. The Morgan fingerprint density at radius 3 is 2.00 bits per heavy atom. The van der Waals surface area contributed by atoms with Gasteiger partial charge in [-0.05, 0) is 40.0 Å². The normalized spacial score (nSPS) is 15.3. The fourth-order valence-corrected chi connectivity index (χ4v) is 4.48. The first kappa shape index (κ1) is 26.3. The molecule has 2 aromatic carbocycles. The summed E-state index contributed by atoms with van der Waals surface area (Å²) in [5.41, 5.74) is 3.80. The van der Waals surface area contributed by atoms with Gasteiger partial charge < -0.3 is 20.5 Å². The summed E-state index contributed by atoms with van der Waals surface area (Å²) in [7, 11) is 0. The first-order valence-electron chi connectivity index (χ1n) is 12.2. The van der Waals surface area contributed by atoms with Crippen LogP contribution in [0.1, 0.15) is 64.5 Å². The summed E-state index contributed by atoms with van der Waals surface area (Å²) in [5.74, 6) is -1.59. The molecule has 188 valence electrons. The summed E-state index contributed by atoms with van der Waals surface area (Å²) >= 11 is 0. The maximum absolute atomic E-state index is 13.1. The molecule has 0 radical (unpaired) electrons. The molecule has 0 saturated carbocycles. The number of aliphatic carboxylic acids is 1. The van der Waals surface area contributed by atoms with E-state index < -0.39 is 35.5 Å². The number of nitrogens with one attached hydrogen (secondary N) is 2. The van der Waals surface area contributed by atoms with Crippen molar-refractivity contribution < 1.29 is 24.2 Å². The van der Waals surface area contributed by atoms with E-state index in [1.807, 2.05) is 71.0 Å². The van der Waals surface area contributed by atoms with E-state index >= 15 is 0 Å². The van der Waals surface area contributed by atoms with Crippen LogP contribution >= 0.6 is 0 Å². The van der Waals surface area contributed by atoms with Crippen molar-refractivity contribution in [3.63, 3.8) is 0 Å². The van der Waals surface area contributed by atoms with Crippen LogP contribution in [0.2, 0.25) is 0 Å². The minimum Gasteiger partial charge on any atom is -0.480 e. The Labute approximate surface area is 207 Å². The Morgan fingerprint density at radius 1 is 0.971 bits per heavy atom. The molecule has 0 aromatic heterocycles. The standard InChI is InChI=1S/C28H36N2O5/c1-6-17(2)15-23(26(32)33)29-25(31)24(28(3,4)5)30-27(34)35-16-22-20-13-9-7-11-18(20)19-12-8-10-14-21(19)22/h7-14,17,22-24H,6,15-16H2,1-5H3,(H,29,31)(H,30,34)(H,32,33). The summed E-state index contributed by atoms with van der Waals surface area (Å²) in [6, 6.07) is 14.1. The molecule has 0 fully saturated rings. The quantitative estimate of drug-likeness (QED) is 0.471. The number of fused-ring (bicyclic) bond motifs is 3. The topological polar surface area (TPSA) is 105 Å². The van der Waals surface area contributed by atoms with Gasteiger partial charge in [-0.2, -0.15) is 0 Å². The van der Waals surface area contributed by atoms with Crippen LogP contribution < -0.4 is 10.6 Å². The van der Waals surface area contributed by atoms with E-state index in [9.17, 15) is 19.5 Å². The number of carbonyl (C=O) groups excluding carboxylic acids is 2. The maximum Gasteiger partial charge on any atom is 0.407 e. The highest BCUT2D eigenvalue weighted by Crippen LogP contribution is 2.44. The Balaban J connectivity index is 1.69. The smallest absolute Gasteiger partial charge is 0.407 e. The van der Waals surface area contributed by atoms with Crippen molar-refractivity contribution in [1.82, 2.24) is 10.6 Å². The van der Waals surface area contributed by atoms with Crippen molar-refractivity contribution in [3.8, 4) is 11.1 Å². The predicted molar refractivity (Wildman–Crippen MR) is 135 cm³/mol. The number of ether oxygens (including phenoxy) is 1. The molecule has 1 aliphatic carbocycles. The van der Waals surface area contributed by atoms with Gasteiger partial charge in [-0.25, -0.2) is 9.59 Å². The lowest BCUT2D eigenvalue weighted by Crippen LogP contribution is -2.56. The lowest BCUT2D eigenvalue weighted by Gasteiger charge is -2.31. The van der Waals surface area contributed by atoms with Gasteiger partial charge in [-0.1, -0.05) is 89.6 Å². The van der Waals surface area contributed by atoms with Crippen molar-refractivity contribution in [2.45, 2.75) is 65.5 Å². The number of carboxylic acid groups (broad SMARTS) is 1. The van der Waals surface area contributed by atoms with Gasteiger partial charge in [0.15, 0.2) is 0 Å². The van der Waals surface area contributed by atoms with Crippen LogP contribution in [-0.4, -0.2) is 41.8 Å². The average molecular weight is 481 g/mol. The highest BCUT2D eigenvalue weighted by Gasteiger charge is 2.36. The zero-order chi connectivity index (χ0) is 25.8. The number of hydrogen-bond donors (Lipinski definition) is 3. The zero-order valence-corrected chi connectivity index (χ0v) is 21.1. The summed E-state index contributed by atoms with van der Waals surface area (Å²) in [6.07, 6.45) is 0.412. The van der Waals surface area contributed by atoms with E-state index in [1.54, 1.807) is 0 Å².